The van der Waals surface area contributed by atoms with Crippen LogP contribution in [0.3, 0.4) is 0 Å². The second-order valence-corrected chi connectivity index (χ2v) is 6.42. The predicted octanol–water partition coefficient (Wildman–Crippen LogP) is 3.33. The highest BCUT2D eigenvalue weighted by Gasteiger charge is 2.23. The molecule has 0 atom stereocenters. The van der Waals surface area contributed by atoms with Crippen LogP contribution in [0.15, 0.2) is 16.9 Å². The fourth-order valence-corrected chi connectivity index (χ4v) is 3.86. The van der Waals surface area contributed by atoms with Crippen molar-refractivity contribution in [2.45, 2.75) is 63.8 Å². The molecule has 0 amide bonds. The zero-order valence-corrected chi connectivity index (χ0v) is 12.9. The third-order valence-electron chi connectivity index (χ3n) is 4.91. The quantitative estimate of drug-likeness (QED) is 0.871. The smallest absolute Gasteiger partial charge is 0.328 e. The Balaban J connectivity index is 2.10. The molecule has 1 fully saturated rings. The van der Waals surface area contributed by atoms with Crippen LogP contribution in [-0.4, -0.2) is 15.6 Å². The first kappa shape index (κ1) is 15.1. The Morgan fingerprint density at radius 2 is 1.86 bits per heavy atom. The molecule has 0 bridgehead atoms. The second kappa shape index (κ2) is 6.51. The molecule has 0 saturated heterocycles. The van der Waals surface area contributed by atoms with Crippen LogP contribution in [-0.2, 0) is 17.6 Å². The number of fused-ring (bicyclic) bond motifs is 1. The molecule has 0 spiro atoms. The number of hydrogen-bond acceptors (Lipinski definition) is 2. The molecule has 118 valence electrons. The van der Waals surface area contributed by atoms with E-state index >= 15 is 0 Å². The molecule has 1 aromatic rings. The molecule has 3 rings (SSSR count). The van der Waals surface area contributed by atoms with Crippen molar-refractivity contribution in [3.63, 3.8) is 0 Å². The van der Waals surface area contributed by atoms with E-state index in [-0.39, 0.29) is 5.56 Å². The van der Waals surface area contributed by atoms with Crippen molar-refractivity contribution in [1.29, 1.82) is 0 Å². The van der Waals surface area contributed by atoms with Gasteiger partial charge in [0.25, 0.3) is 5.56 Å². The summed E-state index contributed by atoms with van der Waals surface area (Å²) in [6.07, 6.45) is 12.5. The van der Waals surface area contributed by atoms with Crippen LogP contribution in [0.1, 0.15) is 67.8 Å². The third kappa shape index (κ3) is 3.01. The van der Waals surface area contributed by atoms with E-state index in [1.807, 2.05) is 10.6 Å². The van der Waals surface area contributed by atoms with E-state index in [2.05, 4.69) is 0 Å². The normalized spacial score (nSPS) is 19.3. The maximum absolute atomic E-state index is 12.9. The van der Waals surface area contributed by atoms with E-state index in [9.17, 15) is 9.59 Å². The lowest BCUT2D eigenvalue weighted by atomic mass is 9.90. The molecule has 2 aliphatic carbocycles. The molecule has 2 aliphatic rings. The van der Waals surface area contributed by atoms with Crippen LogP contribution in [0.2, 0.25) is 0 Å². The van der Waals surface area contributed by atoms with Gasteiger partial charge in [-0.3, -0.25) is 4.79 Å². The Kier molecular flexibility index (Phi) is 4.46. The van der Waals surface area contributed by atoms with Crippen LogP contribution in [0, 0.1) is 0 Å². The van der Waals surface area contributed by atoms with E-state index in [0.29, 0.717) is 11.6 Å². The summed E-state index contributed by atoms with van der Waals surface area (Å²) in [7, 11) is 0. The molecule has 1 N–H and O–H groups in total. The van der Waals surface area contributed by atoms with Crippen LogP contribution in [0.4, 0.5) is 0 Å². The molecular weight excluding hydrogens is 278 g/mol. The summed E-state index contributed by atoms with van der Waals surface area (Å²) in [5, 5.41) is 8.83. The SMILES string of the molecule is O=C(O)/C=C/c1cc2c(n(C3CCCCC3)c1=O)CCCC2. The molecule has 0 aromatic carbocycles. The number of carboxylic acids is 1. The highest BCUT2D eigenvalue weighted by atomic mass is 16.4. The summed E-state index contributed by atoms with van der Waals surface area (Å²) < 4.78 is 2.01. The van der Waals surface area contributed by atoms with E-state index in [1.54, 1.807) is 0 Å². The lowest BCUT2D eigenvalue weighted by Gasteiger charge is -2.30. The van der Waals surface area contributed by atoms with Crippen molar-refractivity contribution in [2.24, 2.45) is 0 Å². The van der Waals surface area contributed by atoms with Gasteiger partial charge in [0, 0.05) is 23.4 Å². The van der Waals surface area contributed by atoms with Crippen molar-refractivity contribution >= 4 is 12.0 Å². The van der Waals surface area contributed by atoms with E-state index < -0.39 is 5.97 Å². The van der Waals surface area contributed by atoms with Gasteiger partial charge in [-0.2, -0.15) is 0 Å². The number of aromatic nitrogens is 1. The standard InChI is InChI=1S/C18H23NO3/c20-17(21)11-10-14-12-13-6-4-5-9-16(13)19(18(14)22)15-7-2-1-3-8-15/h10-12,15H,1-9H2,(H,20,21)/b11-10+. The molecule has 1 saturated carbocycles. The molecule has 1 heterocycles. The molecule has 0 unspecified atom stereocenters. The summed E-state index contributed by atoms with van der Waals surface area (Å²) in [6, 6.07) is 2.21. The summed E-state index contributed by atoms with van der Waals surface area (Å²) in [5.74, 6) is -1.01. The van der Waals surface area contributed by atoms with Crippen LogP contribution >= 0.6 is 0 Å². The van der Waals surface area contributed by atoms with Crippen molar-refractivity contribution in [3.05, 3.63) is 39.3 Å². The monoisotopic (exact) mass is 301 g/mol. The average molecular weight is 301 g/mol. The average Bonchev–Trinajstić information content (AvgIpc) is 2.53. The first-order chi connectivity index (χ1) is 10.7. The zero-order chi connectivity index (χ0) is 15.5. The molecular formula is C18H23NO3. The van der Waals surface area contributed by atoms with Crippen LogP contribution in [0.5, 0.6) is 0 Å². The van der Waals surface area contributed by atoms with Gasteiger partial charge in [0.1, 0.15) is 0 Å². The van der Waals surface area contributed by atoms with Crippen LogP contribution in [0.25, 0.3) is 6.08 Å². The molecule has 0 radical (unpaired) electrons. The maximum atomic E-state index is 12.9. The third-order valence-corrected chi connectivity index (χ3v) is 4.91. The van der Waals surface area contributed by atoms with Gasteiger partial charge < -0.3 is 9.67 Å². The fourth-order valence-electron chi connectivity index (χ4n) is 3.86. The van der Waals surface area contributed by atoms with E-state index in [4.69, 9.17) is 5.11 Å². The minimum atomic E-state index is -1.01. The van der Waals surface area contributed by atoms with Gasteiger partial charge in [-0.15, -0.1) is 0 Å². The van der Waals surface area contributed by atoms with Crippen LogP contribution < -0.4 is 5.56 Å². The van der Waals surface area contributed by atoms with Gasteiger partial charge in [-0.25, -0.2) is 4.79 Å². The summed E-state index contributed by atoms with van der Waals surface area (Å²) in [5.41, 5.74) is 2.95. The van der Waals surface area contributed by atoms with Gasteiger partial charge >= 0.3 is 5.97 Å². The number of aryl methyl sites for hydroxylation is 1. The number of nitrogens with zero attached hydrogens (tertiary/aromatic N) is 1. The van der Waals surface area contributed by atoms with Gasteiger partial charge in [0.2, 0.25) is 0 Å². The number of carbonyl (C=O) groups is 1. The summed E-state index contributed by atoms with van der Waals surface area (Å²) >= 11 is 0. The lowest BCUT2D eigenvalue weighted by Crippen LogP contribution is -2.32. The van der Waals surface area contributed by atoms with E-state index in [1.165, 1.54) is 36.6 Å². The maximum Gasteiger partial charge on any atom is 0.328 e. The van der Waals surface area contributed by atoms with Crippen molar-refractivity contribution < 1.29 is 9.90 Å². The minimum Gasteiger partial charge on any atom is -0.478 e. The first-order valence-electron chi connectivity index (χ1n) is 8.35. The Labute approximate surface area is 130 Å². The summed E-state index contributed by atoms with van der Waals surface area (Å²) in [4.78, 5) is 23.6. The van der Waals surface area contributed by atoms with Gasteiger partial charge in [0.15, 0.2) is 0 Å². The molecule has 4 heteroatoms. The Bertz CT molecular complexity index is 651. The van der Waals surface area contributed by atoms with Gasteiger partial charge in [0.05, 0.1) is 0 Å². The first-order valence-corrected chi connectivity index (χ1v) is 8.35. The van der Waals surface area contributed by atoms with Crippen molar-refractivity contribution in [1.82, 2.24) is 4.57 Å². The highest BCUT2D eigenvalue weighted by molar-refractivity contribution is 5.85. The molecule has 22 heavy (non-hydrogen) atoms. The Morgan fingerprint density at radius 3 is 2.59 bits per heavy atom. The Hall–Kier alpha value is -1.84. The molecule has 0 aliphatic heterocycles. The number of hydrogen-bond donors (Lipinski definition) is 1. The number of pyridine rings is 1. The molecule has 1 aromatic heterocycles. The zero-order valence-electron chi connectivity index (χ0n) is 12.9. The number of carboxylic acid groups (broad SMARTS) is 1. The predicted molar refractivity (Wildman–Crippen MR) is 86.1 cm³/mol. The minimum absolute atomic E-state index is 0.00921. The fraction of sp³-hybridized carbons (Fsp3) is 0.556. The second-order valence-electron chi connectivity index (χ2n) is 6.42. The number of aliphatic carboxylic acids is 1. The number of rotatable bonds is 3. The lowest BCUT2D eigenvalue weighted by molar-refractivity contribution is -0.131. The largest absolute Gasteiger partial charge is 0.478 e. The summed E-state index contributed by atoms with van der Waals surface area (Å²) in [6.45, 7) is 0. The van der Waals surface area contributed by atoms with Gasteiger partial charge in [-0.05, 0) is 56.2 Å². The van der Waals surface area contributed by atoms with Crippen molar-refractivity contribution in [3.8, 4) is 0 Å². The molecule has 4 nitrogen and oxygen atoms in total. The Morgan fingerprint density at radius 1 is 1.14 bits per heavy atom. The van der Waals surface area contributed by atoms with E-state index in [0.717, 1.165) is 44.6 Å². The highest BCUT2D eigenvalue weighted by Crippen LogP contribution is 2.31. The van der Waals surface area contributed by atoms with Crippen molar-refractivity contribution in [2.75, 3.05) is 0 Å². The topological polar surface area (TPSA) is 59.3 Å². The van der Waals surface area contributed by atoms with Gasteiger partial charge in [-0.1, -0.05) is 19.3 Å².